The monoisotopic (exact) mass is 242 g/mol. The number of aliphatic hydroxyl groups excluding tert-OH is 1. The fourth-order valence-electron chi connectivity index (χ4n) is 3.13. The van der Waals surface area contributed by atoms with Crippen LogP contribution in [0.3, 0.4) is 0 Å². The maximum atomic E-state index is 10.4. The molecule has 2 bridgehead atoms. The van der Waals surface area contributed by atoms with Crippen molar-refractivity contribution in [1.29, 1.82) is 0 Å². The van der Waals surface area contributed by atoms with Gasteiger partial charge in [0.25, 0.3) is 0 Å². The van der Waals surface area contributed by atoms with Crippen LogP contribution in [0.4, 0.5) is 0 Å². The molecule has 2 fully saturated rings. The largest absolute Gasteiger partial charge is 0.393 e. The third-order valence-corrected chi connectivity index (χ3v) is 4.98. The van der Waals surface area contributed by atoms with Gasteiger partial charge in [0, 0.05) is 11.8 Å². The maximum Gasteiger partial charge on any atom is 0.168 e. The molecule has 17 heavy (non-hydrogen) atoms. The van der Waals surface area contributed by atoms with E-state index in [1.807, 2.05) is 6.92 Å². The SMILES string of the molecule is CC[C@H](C)C[C@@H](O)[C@H]1CO[C@]2(C)OC[C@H]1[C@H]2C. The highest BCUT2D eigenvalue weighted by atomic mass is 16.7. The number of fused-ring (bicyclic) bond motifs is 2. The molecule has 0 spiro atoms. The summed E-state index contributed by atoms with van der Waals surface area (Å²) >= 11 is 0. The molecule has 0 aliphatic carbocycles. The summed E-state index contributed by atoms with van der Waals surface area (Å²) in [5, 5.41) is 10.4. The van der Waals surface area contributed by atoms with Crippen LogP contribution in [0.1, 0.15) is 40.5 Å². The van der Waals surface area contributed by atoms with Crippen LogP contribution in [-0.2, 0) is 9.47 Å². The van der Waals surface area contributed by atoms with Gasteiger partial charge in [-0.05, 0) is 25.2 Å². The molecule has 3 nitrogen and oxygen atoms in total. The van der Waals surface area contributed by atoms with Gasteiger partial charge in [0.05, 0.1) is 19.3 Å². The Labute approximate surface area is 104 Å². The van der Waals surface area contributed by atoms with E-state index in [1.165, 1.54) is 0 Å². The number of aliphatic hydroxyl groups is 1. The van der Waals surface area contributed by atoms with Gasteiger partial charge >= 0.3 is 0 Å². The van der Waals surface area contributed by atoms with E-state index in [2.05, 4.69) is 20.8 Å². The van der Waals surface area contributed by atoms with Crippen molar-refractivity contribution >= 4 is 0 Å². The molecule has 0 aromatic carbocycles. The maximum absolute atomic E-state index is 10.4. The summed E-state index contributed by atoms with van der Waals surface area (Å²) in [6.45, 7) is 9.95. The van der Waals surface area contributed by atoms with Gasteiger partial charge in [-0.25, -0.2) is 0 Å². The lowest BCUT2D eigenvalue weighted by molar-refractivity contribution is -0.238. The highest BCUT2D eigenvalue weighted by Gasteiger charge is 2.53. The lowest BCUT2D eigenvalue weighted by Crippen LogP contribution is -2.47. The van der Waals surface area contributed by atoms with Gasteiger partial charge < -0.3 is 14.6 Å². The molecule has 0 aromatic heterocycles. The van der Waals surface area contributed by atoms with Gasteiger partial charge in [0.1, 0.15) is 0 Å². The van der Waals surface area contributed by atoms with Gasteiger partial charge in [-0.3, -0.25) is 0 Å². The minimum absolute atomic E-state index is 0.245. The van der Waals surface area contributed by atoms with Gasteiger partial charge in [-0.1, -0.05) is 27.2 Å². The second kappa shape index (κ2) is 4.87. The molecule has 0 aromatic rings. The van der Waals surface area contributed by atoms with Crippen molar-refractivity contribution in [3.05, 3.63) is 0 Å². The molecule has 6 atom stereocenters. The van der Waals surface area contributed by atoms with E-state index in [-0.39, 0.29) is 12.0 Å². The van der Waals surface area contributed by atoms with E-state index >= 15 is 0 Å². The predicted octanol–water partition coefficient (Wildman–Crippen LogP) is 2.43. The molecular weight excluding hydrogens is 216 g/mol. The van der Waals surface area contributed by atoms with Crippen LogP contribution in [0.25, 0.3) is 0 Å². The van der Waals surface area contributed by atoms with Gasteiger partial charge in [0.2, 0.25) is 0 Å². The topological polar surface area (TPSA) is 38.7 Å². The molecule has 2 aliphatic rings. The Morgan fingerprint density at radius 2 is 2.00 bits per heavy atom. The molecule has 100 valence electrons. The van der Waals surface area contributed by atoms with Crippen LogP contribution in [-0.4, -0.2) is 30.2 Å². The number of rotatable bonds is 4. The molecule has 2 aliphatic heterocycles. The Kier molecular flexibility index (Phi) is 3.81. The first-order chi connectivity index (χ1) is 7.98. The van der Waals surface area contributed by atoms with Crippen LogP contribution in [0, 0.1) is 23.7 Å². The van der Waals surface area contributed by atoms with Crippen molar-refractivity contribution in [3.63, 3.8) is 0 Å². The first-order valence-electron chi connectivity index (χ1n) is 6.94. The molecule has 0 radical (unpaired) electrons. The highest BCUT2D eigenvalue weighted by Crippen LogP contribution is 2.46. The quantitative estimate of drug-likeness (QED) is 0.823. The summed E-state index contributed by atoms with van der Waals surface area (Å²) in [5.41, 5.74) is 0. The highest BCUT2D eigenvalue weighted by molar-refractivity contribution is 4.95. The van der Waals surface area contributed by atoms with Crippen molar-refractivity contribution in [1.82, 2.24) is 0 Å². The number of hydrogen-bond donors (Lipinski definition) is 1. The summed E-state index contributed by atoms with van der Waals surface area (Å²) in [6.07, 6.45) is 1.76. The minimum Gasteiger partial charge on any atom is -0.393 e. The lowest BCUT2D eigenvalue weighted by atomic mass is 9.75. The van der Waals surface area contributed by atoms with E-state index < -0.39 is 5.79 Å². The first kappa shape index (κ1) is 13.3. The van der Waals surface area contributed by atoms with Crippen molar-refractivity contribution in [2.45, 2.75) is 52.4 Å². The molecular formula is C14H26O3. The Balaban J connectivity index is 1.99. The summed E-state index contributed by atoms with van der Waals surface area (Å²) in [4.78, 5) is 0. The van der Waals surface area contributed by atoms with Crippen LogP contribution >= 0.6 is 0 Å². The normalized spacial score (nSPS) is 44.6. The second-order valence-corrected chi connectivity index (χ2v) is 6.07. The summed E-state index contributed by atoms with van der Waals surface area (Å²) in [5.74, 6) is 1.25. The average Bonchev–Trinajstić information content (AvgIpc) is 2.50. The molecule has 1 N–H and O–H groups in total. The zero-order valence-electron chi connectivity index (χ0n) is 11.5. The zero-order chi connectivity index (χ0) is 12.6. The van der Waals surface area contributed by atoms with Crippen molar-refractivity contribution in [3.8, 4) is 0 Å². The van der Waals surface area contributed by atoms with Crippen LogP contribution < -0.4 is 0 Å². The Morgan fingerprint density at radius 1 is 1.35 bits per heavy atom. The summed E-state index contributed by atoms with van der Waals surface area (Å²) in [6, 6.07) is 0. The molecule has 2 heterocycles. The minimum atomic E-state index is -0.405. The number of ether oxygens (including phenoxy) is 2. The lowest BCUT2D eigenvalue weighted by Gasteiger charge is -2.40. The molecule has 2 saturated heterocycles. The van der Waals surface area contributed by atoms with Gasteiger partial charge in [0.15, 0.2) is 5.79 Å². The first-order valence-corrected chi connectivity index (χ1v) is 6.94. The molecule has 0 unspecified atom stereocenters. The van der Waals surface area contributed by atoms with Crippen LogP contribution in [0.15, 0.2) is 0 Å². The Hall–Kier alpha value is -0.120. The number of hydrogen-bond acceptors (Lipinski definition) is 3. The molecule has 0 amide bonds. The summed E-state index contributed by atoms with van der Waals surface area (Å²) < 4.78 is 11.6. The van der Waals surface area contributed by atoms with E-state index in [1.54, 1.807) is 0 Å². The standard InChI is InChI=1S/C14H26O3/c1-5-9(2)6-13(15)12-8-17-14(4)10(3)11(12)7-16-14/h9-13,15H,5-8H2,1-4H3/t9-,10+,11-,12-,13+,14-/m0/s1. The smallest absolute Gasteiger partial charge is 0.168 e. The average molecular weight is 242 g/mol. The van der Waals surface area contributed by atoms with Gasteiger partial charge in [-0.15, -0.1) is 0 Å². The van der Waals surface area contributed by atoms with E-state index in [9.17, 15) is 5.11 Å². The molecule has 0 saturated carbocycles. The van der Waals surface area contributed by atoms with E-state index in [0.717, 1.165) is 19.4 Å². The zero-order valence-corrected chi connectivity index (χ0v) is 11.5. The van der Waals surface area contributed by atoms with Crippen LogP contribution in [0.5, 0.6) is 0 Å². The molecule has 3 heteroatoms. The van der Waals surface area contributed by atoms with Gasteiger partial charge in [-0.2, -0.15) is 0 Å². The fourth-order valence-corrected chi connectivity index (χ4v) is 3.13. The van der Waals surface area contributed by atoms with Crippen molar-refractivity contribution in [2.75, 3.05) is 13.2 Å². The Bertz CT molecular complexity index is 268. The second-order valence-electron chi connectivity index (χ2n) is 6.07. The third-order valence-electron chi connectivity index (χ3n) is 4.98. The van der Waals surface area contributed by atoms with Crippen molar-refractivity contribution < 1.29 is 14.6 Å². The fraction of sp³-hybridized carbons (Fsp3) is 1.00. The van der Waals surface area contributed by atoms with E-state index in [4.69, 9.17) is 9.47 Å². The molecule has 2 rings (SSSR count). The third kappa shape index (κ3) is 2.38. The Morgan fingerprint density at radius 3 is 2.65 bits per heavy atom. The van der Waals surface area contributed by atoms with Crippen LogP contribution in [0.2, 0.25) is 0 Å². The van der Waals surface area contributed by atoms with Crippen molar-refractivity contribution in [2.24, 2.45) is 23.7 Å². The summed E-state index contributed by atoms with van der Waals surface area (Å²) in [7, 11) is 0. The predicted molar refractivity (Wildman–Crippen MR) is 66.5 cm³/mol. The van der Waals surface area contributed by atoms with E-state index in [0.29, 0.717) is 24.4 Å².